The highest BCUT2D eigenvalue weighted by Gasteiger charge is 2.18. The minimum atomic E-state index is -2.95. The molecule has 1 amide bonds. The molecule has 0 aliphatic carbocycles. The van der Waals surface area contributed by atoms with Crippen molar-refractivity contribution in [2.45, 2.75) is 20.0 Å². The lowest BCUT2D eigenvalue weighted by atomic mass is 10.1. The number of aromatic nitrogens is 2. The summed E-state index contributed by atoms with van der Waals surface area (Å²) in [4.78, 5) is 22.0. The molecular formula is C22H16F3N3O2S2. The van der Waals surface area contributed by atoms with Crippen molar-refractivity contribution in [3.8, 4) is 17.0 Å². The number of ether oxygens (including phenoxy) is 1. The highest BCUT2D eigenvalue weighted by Crippen LogP contribution is 2.33. The zero-order valence-electron chi connectivity index (χ0n) is 16.6. The van der Waals surface area contributed by atoms with Crippen molar-refractivity contribution in [1.29, 1.82) is 0 Å². The number of anilines is 1. The van der Waals surface area contributed by atoms with E-state index in [0.29, 0.717) is 33.4 Å². The number of halogens is 3. The van der Waals surface area contributed by atoms with Crippen LogP contribution in [0.1, 0.15) is 25.9 Å². The van der Waals surface area contributed by atoms with Gasteiger partial charge in [0.25, 0.3) is 5.91 Å². The second-order valence-corrected chi connectivity index (χ2v) is 8.63. The maximum atomic E-state index is 13.1. The van der Waals surface area contributed by atoms with Crippen LogP contribution in [0.25, 0.3) is 11.3 Å². The Morgan fingerprint density at radius 1 is 1.12 bits per heavy atom. The number of nitrogens with one attached hydrogen (secondary N) is 1. The summed E-state index contributed by atoms with van der Waals surface area (Å²) in [6, 6.07) is 12.5. The van der Waals surface area contributed by atoms with Gasteiger partial charge in [0, 0.05) is 17.4 Å². The third kappa shape index (κ3) is 5.14. The molecule has 0 spiro atoms. The van der Waals surface area contributed by atoms with E-state index in [4.69, 9.17) is 0 Å². The van der Waals surface area contributed by atoms with E-state index in [9.17, 15) is 18.0 Å². The first kappa shape index (κ1) is 22.0. The lowest BCUT2D eigenvalue weighted by Gasteiger charge is -2.08. The minimum Gasteiger partial charge on any atom is -0.434 e. The van der Waals surface area contributed by atoms with Crippen LogP contribution in [0.4, 0.5) is 18.3 Å². The first-order valence-electron chi connectivity index (χ1n) is 9.41. The van der Waals surface area contributed by atoms with Gasteiger partial charge in [0.05, 0.1) is 16.4 Å². The van der Waals surface area contributed by atoms with Gasteiger partial charge in [-0.25, -0.2) is 14.4 Å². The quantitative estimate of drug-likeness (QED) is 0.348. The largest absolute Gasteiger partial charge is 0.434 e. The molecule has 2 aromatic heterocycles. The van der Waals surface area contributed by atoms with Crippen molar-refractivity contribution in [3.05, 3.63) is 80.9 Å². The maximum Gasteiger partial charge on any atom is 0.387 e. The monoisotopic (exact) mass is 475 g/mol. The average molecular weight is 476 g/mol. The predicted molar refractivity (Wildman–Crippen MR) is 118 cm³/mol. The molecule has 1 N–H and O–H groups in total. The molecule has 0 fully saturated rings. The van der Waals surface area contributed by atoms with Crippen LogP contribution in [-0.4, -0.2) is 22.5 Å². The molecule has 10 heteroatoms. The Bertz CT molecular complexity index is 1240. The number of benzene rings is 2. The van der Waals surface area contributed by atoms with Gasteiger partial charge in [0.15, 0.2) is 5.13 Å². The number of hydrogen-bond acceptors (Lipinski definition) is 6. The van der Waals surface area contributed by atoms with Gasteiger partial charge in [-0.2, -0.15) is 8.78 Å². The van der Waals surface area contributed by atoms with Crippen molar-refractivity contribution in [2.24, 2.45) is 0 Å². The van der Waals surface area contributed by atoms with Crippen molar-refractivity contribution >= 4 is 33.7 Å². The van der Waals surface area contributed by atoms with E-state index in [1.54, 1.807) is 42.6 Å². The van der Waals surface area contributed by atoms with Crippen LogP contribution < -0.4 is 10.1 Å². The van der Waals surface area contributed by atoms with Gasteiger partial charge < -0.3 is 4.74 Å². The number of nitrogens with zero attached hydrogens (tertiary/aromatic N) is 2. The van der Waals surface area contributed by atoms with Crippen LogP contribution in [0.15, 0.2) is 53.9 Å². The molecule has 5 nitrogen and oxygen atoms in total. The summed E-state index contributed by atoms with van der Waals surface area (Å²) >= 11 is 2.43. The van der Waals surface area contributed by atoms with Crippen LogP contribution in [0.5, 0.6) is 5.75 Å². The fourth-order valence-electron chi connectivity index (χ4n) is 3.00. The lowest BCUT2D eigenvalue weighted by molar-refractivity contribution is -0.0494. The molecule has 0 aliphatic rings. The van der Waals surface area contributed by atoms with Crippen LogP contribution in [0, 0.1) is 12.7 Å². The van der Waals surface area contributed by atoms with Gasteiger partial charge in [-0.1, -0.05) is 24.3 Å². The number of thiazole rings is 2. The number of hydrogen-bond donors (Lipinski definition) is 1. The van der Waals surface area contributed by atoms with Crippen LogP contribution in [0.3, 0.4) is 0 Å². The summed E-state index contributed by atoms with van der Waals surface area (Å²) in [6.07, 6.45) is 0.487. The standard InChI is InChI=1S/C22H16F3N3O2S2/c1-12-19(32-18(26-12)10-13-6-8-14(23)9-7-13)20(29)28-22-27-16(11-31-22)15-4-2-3-5-17(15)30-21(24)25/h2-9,11,21H,10H2,1H3,(H,27,28,29). The first-order chi connectivity index (χ1) is 15.4. The molecule has 32 heavy (non-hydrogen) atoms. The normalized spacial score (nSPS) is 11.0. The van der Waals surface area contributed by atoms with Gasteiger partial charge in [0.2, 0.25) is 0 Å². The van der Waals surface area contributed by atoms with E-state index in [2.05, 4.69) is 20.0 Å². The molecule has 0 atom stereocenters. The van der Waals surface area contributed by atoms with Gasteiger partial charge in [-0.05, 0) is 36.8 Å². The van der Waals surface area contributed by atoms with Crippen LogP contribution >= 0.6 is 22.7 Å². The SMILES string of the molecule is Cc1nc(Cc2ccc(F)cc2)sc1C(=O)Nc1nc(-c2ccccc2OC(F)F)cs1. The summed E-state index contributed by atoms with van der Waals surface area (Å²) in [5.41, 5.74) is 2.29. The Morgan fingerprint density at radius 2 is 1.88 bits per heavy atom. The molecule has 0 saturated heterocycles. The van der Waals surface area contributed by atoms with Crippen molar-refractivity contribution in [2.75, 3.05) is 5.32 Å². The van der Waals surface area contributed by atoms with Gasteiger partial charge in [-0.15, -0.1) is 22.7 Å². The zero-order chi connectivity index (χ0) is 22.7. The highest BCUT2D eigenvalue weighted by molar-refractivity contribution is 7.15. The van der Waals surface area contributed by atoms with E-state index < -0.39 is 6.61 Å². The summed E-state index contributed by atoms with van der Waals surface area (Å²) in [6.45, 7) is -1.21. The summed E-state index contributed by atoms with van der Waals surface area (Å²) in [7, 11) is 0. The molecule has 0 unspecified atom stereocenters. The number of aryl methyl sites for hydroxylation is 1. The fraction of sp³-hybridized carbons (Fsp3) is 0.136. The number of rotatable bonds is 7. The molecule has 0 aliphatic heterocycles. The lowest BCUT2D eigenvalue weighted by Crippen LogP contribution is -2.11. The molecule has 0 bridgehead atoms. The number of carbonyl (C=O) groups excluding carboxylic acids is 1. The van der Waals surface area contributed by atoms with E-state index in [0.717, 1.165) is 10.6 Å². The third-order valence-corrected chi connectivity index (χ3v) is 6.33. The maximum absolute atomic E-state index is 13.1. The van der Waals surface area contributed by atoms with Gasteiger partial charge in [0.1, 0.15) is 16.4 Å². The topological polar surface area (TPSA) is 64.1 Å². The minimum absolute atomic E-state index is 0.00872. The van der Waals surface area contributed by atoms with Gasteiger partial charge in [-0.3, -0.25) is 10.1 Å². The van der Waals surface area contributed by atoms with Crippen LogP contribution in [0.2, 0.25) is 0 Å². The Hall–Kier alpha value is -3.24. The van der Waals surface area contributed by atoms with E-state index in [1.165, 1.54) is 40.9 Å². The smallest absolute Gasteiger partial charge is 0.387 e. The molecule has 4 rings (SSSR count). The Morgan fingerprint density at radius 3 is 2.62 bits per heavy atom. The Balaban J connectivity index is 1.48. The van der Waals surface area contributed by atoms with Gasteiger partial charge >= 0.3 is 6.61 Å². The number of para-hydroxylation sites is 1. The number of amides is 1. The molecule has 164 valence electrons. The highest BCUT2D eigenvalue weighted by atomic mass is 32.1. The average Bonchev–Trinajstić information content (AvgIpc) is 3.36. The predicted octanol–water partition coefficient (Wildman–Crippen LogP) is 6.16. The second kappa shape index (κ2) is 9.49. The first-order valence-corrected chi connectivity index (χ1v) is 11.1. The zero-order valence-corrected chi connectivity index (χ0v) is 18.3. The molecule has 0 radical (unpaired) electrons. The van der Waals surface area contributed by atoms with E-state index in [-0.39, 0.29) is 17.5 Å². The van der Waals surface area contributed by atoms with Crippen molar-refractivity contribution in [3.63, 3.8) is 0 Å². The number of alkyl halides is 2. The van der Waals surface area contributed by atoms with Crippen molar-refractivity contribution < 1.29 is 22.7 Å². The molecule has 0 saturated carbocycles. The Labute approximate surface area is 189 Å². The summed E-state index contributed by atoms with van der Waals surface area (Å²) < 4.78 is 42.9. The molecule has 2 heterocycles. The molecule has 4 aromatic rings. The van der Waals surface area contributed by atoms with E-state index >= 15 is 0 Å². The molecular weight excluding hydrogens is 459 g/mol. The summed E-state index contributed by atoms with van der Waals surface area (Å²) in [5.74, 6) is -0.659. The second-order valence-electron chi connectivity index (χ2n) is 6.69. The summed E-state index contributed by atoms with van der Waals surface area (Å²) in [5, 5.41) is 5.45. The third-order valence-electron chi connectivity index (χ3n) is 4.42. The molecule has 2 aromatic carbocycles. The Kier molecular flexibility index (Phi) is 6.52. The van der Waals surface area contributed by atoms with Crippen LogP contribution in [-0.2, 0) is 6.42 Å². The van der Waals surface area contributed by atoms with E-state index in [1.807, 2.05) is 0 Å². The number of carbonyl (C=O) groups is 1. The van der Waals surface area contributed by atoms with Crippen molar-refractivity contribution in [1.82, 2.24) is 9.97 Å². The fourth-order valence-corrected chi connectivity index (χ4v) is 4.70.